The fourth-order valence-electron chi connectivity index (χ4n) is 2.70. The van der Waals surface area contributed by atoms with Gasteiger partial charge in [0, 0.05) is 4.90 Å². The summed E-state index contributed by atoms with van der Waals surface area (Å²) in [6.07, 6.45) is 0.0483. The van der Waals surface area contributed by atoms with Crippen LogP contribution in [0.3, 0.4) is 0 Å². The number of ether oxygens (including phenoxy) is 3. The number of carbonyl (C=O) groups is 2. The first kappa shape index (κ1) is 22.6. The molecular formula is C22H27NO5S. The molecule has 0 aliphatic carbocycles. The molecule has 0 saturated heterocycles. The van der Waals surface area contributed by atoms with Crippen molar-refractivity contribution in [3.8, 4) is 11.5 Å². The van der Waals surface area contributed by atoms with Crippen LogP contribution < -0.4 is 14.8 Å². The molecule has 0 aliphatic rings. The number of amides is 1. The molecule has 0 radical (unpaired) electrons. The lowest BCUT2D eigenvalue weighted by molar-refractivity contribution is -0.143. The van der Waals surface area contributed by atoms with Crippen LogP contribution in [0.15, 0.2) is 53.4 Å². The Kier molecular flexibility index (Phi) is 8.86. The molecule has 1 N–H and O–H groups in total. The fraction of sp³-hybridized carbons (Fsp3) is 0.364. The van der Waals surface area contributed by atoms with Gasteiger partial charge in [-0.3, -0.25) is 9.59 Å². The van der Waals surface area contributed by atoms with Crippen LogP contribution >= 0.6 is 11.8 Å². The number of methoxy groups -OCH3 is 2. The van der Waals surface area contributed by atoms with Crippen molar-refractivity contribution in [3.05, 3.63) is 54.1 Å². The van der Waals surface area contributed by atoms with Crippen molar-refractivity contribution in [3.63, 3.8) is 0 Å². The number of hydrogen-bond donors (Lipinski definition) is 1. The second-order valence-corrected chi connectivity index (χ2v) is 7.70. The quantitative estimate of drug-likeness (QED) is 0.465. The predicted molar refractivity (Wildman–Crippen MR) is 113 cm³/mol. The third kappa shape index (κ3) is 7.02. The molecule has 0 heterocycles. The number of benzene rings is 2. The average molecular weight is 418 g/mol. The van der Waals surface area contributed by atoms with Gasteiger partial charge in [0.15, 0.2) is 0 Å². The van der Waals surface area contributed by atoms with Crippen molar-refractivity contribution >= 4 is 23.6 Å². The Bertz CT molecular complexity index is 809. The Hall–Kier alpha value is -2.67. The van der Waals surface area contributed by atoms with Crippen LogP contribution in [0.5, 0.6) is 11.5 Å². The molecule has 2 rings (SSSR count). The lowest BCUT2D eigenvalue weighted by atomic mass is 10.0. The average Bonchev–Trinajstić information content (AvgIpc) is 2.74. The summed E-state index contributed by atoms with van der Waals surface area (Å²) < 4.78 is 15.5. The molecule has 2 atom stereocenters. The van der Waals surface area contributed by atoms with E-state index in [1.54, 1.807) is 21.1 Å². The number of rotatable bonds is 10. The van der Waals surface area contributed by atoms with E-state index in [0.29, 0.717) is 12.4 Å². The molecule has 6 nitrogen and oxygen atoms in total. The molecule has 0 fully saturated rings. The zero-order valence-electron chi connectivity index (χ0n) is 17.1. The largest absolute Gasteiger partial charge is 0.497 e. The lowest BCUT2D eigenvalue weighted by Gasteiger charge is -2.21. The highest BCUT2D eigenvalue weighted by atomic mass is 32.2. The van der Waals surface area contributed by atoms with Crippen LogP contribution in [0.4, 0.5) is 0 Å². The van der Waals surface area contributed by atoms with Gasteiger partial charge >= 0.3 is 5.97 Å². The van der Waals surface area contributed by atoms with E-state index in [9.17, 15) is 9.59 Å². The maximum absolute atomic E-state index is 12.8. The third-order valence-electron chi connectivity index (χ3n) is 4.23. The normalized spacial score (nSPS) is 12.6. The van der Waals surface area contributed by atoms with Crippen LogP contribution in [0.25, 0.3) is 0 Å². The van der Waals surface area contributed by atoms with Gasteiger partial charge in [-0.25, -0.2) is 0 Å². The van der Waals surface area contributed by atoms with E-state index in [0.717, 1.165) is 16.2 Å². The highest BCUT2D eigenvalue weighted by Gasteiger charge is 2.23. The summed E-state index contributed by atoms with van der Waals surface area (Å²) in [7, 11) is 3.19. The van der Waals surface area contributed by atoms with Crippen molar-refractivity contribution in [2.24, 2.45) is 0 Å². The highest BCUT2D eigenvalue weighted by Crippen LogP contribution is 2.27. The molecule has 156 valence electrons. The molecule has 2 aromatic carbocycles. The first-order chi connectivity index (χ1) is 14.0. The van der Waals surface area contributed by atoms with Gasteiger partial charge in [-0.05, 0) is 55.8 Å². The van der Waals surface area contributed by atoms with Gasteiger partial charge in [-0.1, -0.05) is 12.1 Å². The lowest BCUT2D eigenvalue weighted by Crippen LogP contribution is -2.35. The first-order valence-corrected chi connectivity index (χ1v) is 10.3. The highest BCUT2D eigenvalue weighted by molar-refractivity contribution is 8.00. The van der Waals surface area contributed by atoms with Crippen molar-refractivity contribution in [1.82, 2.24) is 5.32 Å². The molecule has 1 amide bonds. The number of nitrogens with one attached hydrogen (secondary N) is 1. The summed E-state index contributed by atoms with van der Waals surface area (Å²) in [4.78, 5) is 25.8. The number of hydrogen-bond acceptors (Lipinski definition) is 6. The second-order valence-electron chi connectivity index (χ2n) is 6.28. The summed E-state index contributed by atoms with van der Waals surface area (Å²) in [5.74, 6) is 0.893. The van der Waals surface area contributed by atoms with Gasteiger partial charge in [-0.2, -0.15) is 0 Å². The molecule has 0 aromatic heterocycles. The van der Waals surface area contributed by atoms with Crippen LogP contribution in [0.1, 0.15) is 31.9 Å². The van der Waals surface area contributed by atoms with Gasteiger partial charge < -0.3 is 19.5 Å². The van der Waals surface area contributed by atoms with Gasteiger partial charge in [0.1, 0.15) is 11.5 Å². The van der Waals surface area contributed by atoms with Gasteiger partial charge in [-0.15, -0.1) is 11.8 Å². The molecule has 0 spiro atoms. The minimum absolute atomic E-state index is 0.0483. The molecule has 0 saturated carbocycles. The summed E-state index contributed by atoms with van der Waals surface area (Å²) in [6.45, 7) is 3.88. The van der Waals surface area contributed by atoms with E-state index >= 15 is 0 Å². The van der Waals surface area contributed by atoms with Crippen molar-refractivity contribution in [1.29, 1.82) is 0 Å². The molecule has 2 aromatic rings. The number of carbonyl (C=O) groups excluding carboxylic acids is 2. The predicted octanol–water partition coefficient (Wildman–Crippen LogP) is 4.00. The van der Waals surface area contributed by atoms with Crippen molar-refractivity contribution in [2.75, 3.05) is 20.8 Å². The molecule has 2 unspecified atom stereocenters. The number of esters is 1. The third-order valence-corrected chi connectivity index (χ3v) is 5.34. The van der Waals surface area contributed by atoms with Crippen molar-refractivity contribution in [2.45, 2.75) is 36.5 Å². The molecular weight excluding hydrogens is 390 g/mol. The van der Waals surface area contributed by atoms with E-state index in [1.807, 2.05) is 55.5 Å². The minimum atomic E-state index is -0.504. The van der Waals surface area contributed by atoms with Crippen LogP contribution in [-0.2, 0) is 14.3 Å². The Balaban J connectivity index is 2.10. The Morgan fingerprint density at radius 3 is 2.34 bits per heavy atom. The van der Waals surface area contributed by atoms with Crippen LogP contribution in [0, 0.1) is 0 Å². The zero-order chi connectivity index (χ0) is 21.2. The Morgan fingerprint density at radius 2 is 1.72 bits per heavy atom. The molecule has 0 aliphatic heterocycles. The van der Waals surface area contributed by atoms with Crippen LogP contribution in [0.2, 0.25) is 0 Å². The van der Waals surface area contributed by atoms with E-state index in [4.69, 9.17) is 14.2 Å². The van der Waals surface area contributed by atoms with Crippen LogP contribution in [-0.4, -0.2) is 38.0 Å². The van der Waals surface area contributed by atoms with E-state index in [2.05, 4.69) is 5.32 Å². The minimum Gasteiger partial charge on any atom is -0.497 e. The monoisotopic (exact) mass is 417 g/mol. The molecule has 29 heavy (non-hydrogen) atoms. The van der Waals surface area contributed by atoms with Crippen molar-refractivity contribution < 1.29 is 23.8 Å². The summed E-state index contributed by atoms with van der Waals surface area (Å²) in [5, 5.41) is 2.63. The second kappa shape index (κ2) is 11.4. The molecule has 7 heteroatoms. The van der Waals surface area contributed by atoms with E-state index in [1.165, 1.54) is 11.8 Å². The van der Waals surface area contributed by atoms with E-state index < -0.39 is 6.04 Å². The maximum atomic E-state index is 12.8. The van der Waals surface area contributed by atoms with Gasteiger partial charge in [0.05, 0.1) is 38.5 Å². The summed E-state index contributed by atoms with van der Waals surface area (Å²) >= 11 is 1.44. The fourth-order valence-corrected chi connectivity index (χ4v) is 3.57. The topological polar surface area (TPSA) is 73.9 Å². The van der Waals surface area contributed by atoms with Gasteiger partial charge in [0.2, 0.25) is 5.91 Å². The zero-order valence-corrected chi connectivity index (χ0v) is 18.0. The van der Waals surface area contributed by atoms with E-state index in [-0.39, 0.29) is 23.5 Å². The summed E-state index contributed by atoms with van der Waals surface area (Å²) in [5.41, 5.74) is 0.785. The Labute approximate surface area is 175 Å². The molecule has 0 bridgehead atoms. The smallest absolute Gasteiger partial charge is 0.308 e. The number of thioether (sulfide) groups is 1. The maximum Gasteiger partial charge on any atom is 0.308 e. The Morgan fingerprint density at radius 1 is 1.03 bits per heavy atom. The SMILES string of the molecule is CCOC(=O)CC(NC(=O)C(C)Sc1ccc(OC)cc1)c1cccc(OC)c1. The summed E-state index contributed by atoms with van der Waals surface area (Å²) in [6, 6.07) is 14.3. The standard InChI is InChI=1S/C22H27NO5S/c1-5-28-21(24)14-20(16-7-6-8-18(13-16)27-4)23-22(25)15(2)29-19-11-9-17(26-3)10-12-19/h6-13,15,20H,5,14H2,1-4H3,(H,23,25). The van der Waals surface area contributed by atoms with Gasteiger partial charge in [0.25, 0.3) is 0 Å². The first-order valence-electron chi connectivity index (χ1n) is 9.37.